The minimum absolute atomic E-state index is 0.320. The predicted molar refractivity (Wildman–Crippen MR) is 59.6 cm³/mol. The van der Waals surface area contributed by atoms with Gasteiger partial charge in [0.05, 0.1) is 17.6 Å². The third-order valence-corrected chi connectivity index (χ3v) is 2.89. The molecule has 0 saturated carbocycles. The minimum Gasteiger partial charge on any atom is -0.480 e. The molecular weight excluding hydrogens is 246 g/mol. The zero-order chi connectivity index (χ0) is 13.0. The van der Waals surface area contributed by atoms with Crippen molar-refractivity contribution in [2.24, 2.45) is 5.73 Å². The zero-order valence-corrected chi connectivity index (χ0v) is 9.78. The van der Waals surface area contributed by atoms with Crippen LogP contribution in [0, 0.1) is 6.92 Å². The molecule has 0 spiro atoms. The van der Waals surface area contributed by atoms with Gasteiger partial charge in [-0.1, -0.05) is 0 Å². The molecule has 1 heterocycles. The Bertz CT molecular complexity index is 457. The first-order valence-electron chi connectivity index (χ1n) is 4.64. The standard InChI is InChI=1S/C9H11N3O4S/c1-4-7(17-3-11-4)8(14)12-5(9(15)16)2-6(10)13/h3,5H,2H2,1H3,(H2,10,13)(H,12,14)(H,15,16)/t5-/m1/s1. The van der Waals surface area contributed by atoms with Gasteiger partial charge in [0.1, 0.15) is 10.9 Å². The molecule has 0 saturated heterocycles. The number of rotatable bonds is 5. The Morgan fingerprint density at radius 3 is 2.65 bits per heavy atom. The van der Waals surface area contributed by atoms with Crippen LogP contribution in [0.1, 0.15) is 21.8 Å². The van der Waals surface area contributed by atoms with Crippen molar-refractivity contribution in [3.63, 3.8) is 0 Å². The van der Waals surface area contributed by atoms with Gasteiger partial charge in [-0.3, -0.25) is 9.59 Å². The fourth-order valence-electron chi connectivity index (χ4n) is 1.14. The number of nitrogens with two attached hydrogens (primary N) is 1. The number of aryl methyl sites for hydroxylation is 1. The van der Waals surface area contributed by atoms with E-state index in [1.807, 2.05) is 0 Å². The van der Waals surface area contributed by atoms with E-state index >= 15 is 0 Å². The topological polar surface area (TPSA) is 122 Å². The largest absolute Gasteiger partial charge is 0.480 e. The van der Waals surface area contributed by atoms with Gasteiger partial charge < -0.3 is 16.2 Å². The van der Waals surface area contributed by atoms with Gasteiger partial charge in [0.2, 0.25) is 5.91 Å². The van der Waals surface area contributed by atoms with E-state index in [4.69, 9.17) is 10.8 Å². The van der Waals surface area contributed by atoms with Gasteiger partial charge in [0, 0.05) is 0 Å². The SMILES string of the molecule is Cc1ncsc1C(=O)N[C@H](CC(N)=O)C(=O)O. The molecule has 1 aromatic rings. The smallest absolute Gasteiger partial charge is 0.326 e. The summed E-state index contributed by atoms with van der Waals surface area (Å²) in [5.74, 6) is -2.67. The van der Waals surface area contributed by atoms with E-state index in [1.54, 1.807) is 6.92 Å². The van der Waals surface area contributed by atoms with Crippen LogP contribution in [-0.2, 0) is 9.59 Å². The third kappa shape index (κ3) is 3.52. The third-order valence-electron chi connectivity index (χ3n) is 1.96. The molecule has 4 N–H and O–H groups in total. The highest BCUT2D eigenvalue weighted by atomic mass is 32.1. The first-order valence-corrected chi connectivity index (χ1v) is 5.52. The van der Waals surface area contributed by atoms with Crippen molar-refractivity contribution in [1.29, 1.82) is 0 Å². The number of amides is 2. The maximum atomic E-state index is 11.7. The van der Waals surface area contributed by atoms with Crippen LogP contribution in [0.2, 0.25) is 0 Å². The molecule has 1 atom stereocenters. The fraction of sp³-hybridized carbons (Fsp3) is 0.333. The van der Waals surface area contributed by atoms with Crippen LogP contribution in [0.3, 0.4) is 0 Å². The summed E-state index contributed by atoms with van der Waals surface area (Å²) >= 11 is 1.10. The van der Waals surface area contributed by atoms with Crippen LogP contribution in [0.4, 0.5) is 0 Å². The normalized spacial score (nSPS) is 11.8. The summed E-state index contributed by atoms with van der Waals surface area (Å²) in [7, 11) is 0. The monoisotopic (exact) mass is 257 g/mol. The number of nitrogens with zero attached hydrogens (tertiary/aromatic N) is 1. The van der Waals surface area contributed by atoms with Crippen molar-refractivity contribution >= 4 is 29.1 Å². The lowest BCUT2D eigenvalue weighted by Gasteiger charge is -2.11. The van der Waals surface area contributed by atoms with E-state index < -0.39 is 30.2 Å². The molecule has 0 bridgehead atoms. The number of thiazole rings is 1. The van der Waals surface area contributed by atoms with Crippen molar-refractivity contribution in [3.8, 4) is 0 Å². The minimum atomic E-state index is -1.32. The van der Waals surface area contributed by atoms with Crippen LogP contribution in [0.25, 0.3) is 0 Å². The molecule has 0 aliphatic carbocycles. The highest BCUT2D eigenvalue weighted by molar-refractivity contribution is 7.11. The highest BCUT2D eigenvalue weighted by Gasteiger charge is 2.24. The molecule has 7 nitrogen and oxygen atoms in total. The molecule has 0 fully saturated rings. The van der Waals surface area contributed by atoms with Gasteiger partial charge in [-0.2, -0.15) is 0 Å². The number of carbonyl (C=O) groups is 3. The molecule has 0 aliphatic heterocycles. The lowest BCUT2D eigenvalue weighted by atomic mass is 10.2. The number of carboxylic acid groups (broad SMARTS) is 1. The van der Waals surface area contributed by atoms with E-state index in [9.17, 15) is 14.4 Å². The molecule has 1 aromatic heterocycles. The van der Waals surface area contributed by atoms with Crippen LogP contribution in [0.5, 0.6) is 0 Å². The van der Waals surface area contributed by atoms with Crippen LogP contribution < -0.4 is 11.1 Å². The molecule has 8 heteroatoms. The maximum Gasteiger partial charge on any atom is 0.326 e. The maximum absolute atomic E-state index is 11.7. The fourth-order valence-corrected chi connectivity index (χ4v) is 1.85. The average Bonchev–Trinajstić information content (AvgIpc) is 2.62. The van der Waals surface area contributed by atoms with Gasteiger partial charge in [0.15, 0.2) is 0 Å². The molecule has 2 amide bonds. The quantitative estimate of drug-likeness (QED) is 0.657. The number of hydrogen-bond acceptors (Lipinski definition) is 5. The summed E-state index contributed by atoms with van der Waals surface area (Å²) < 4.78 is 0. The molecule has 0 aromatic carbocycles. The molecule has 92 valence electrons. The molecule has 0 aliphatic rings. The Balaban J connectivity index is 2.74. The van der Waals surface area contributed by atoms with E-state index in [2.05, 4.69) is 10.3 Å². The number of aromatic nitrogens is 1. The Kier molecular flexibility index (Phi) is 4.16. The summed E-state index contributed by atoms with van der Waals surface area (Å²) in [5.41, 5.74) is 6.88. The van der Waals surface area contributed by atoms with Crippen LogP contribution >= 0.6 is 11.3 Å². The zero-order valence-electron chi connectivity index (χ0n) is 8.97. The number of aliphatic carboxylic acids is 1. The summed E-state index contributed by atoms with van der Waals surface area (Å²) in [6.07, 6.45) is -0.446. The molecule has 1 rings (SSSR count). The van der Waals surface area contributed by atoms with Crippen molar-refractivity contribution in [3.05, 3.63) is 16.1 Å². The summed E-state index contributed by atoms with van der Waals surface area (Å²) in [6, 6.07) is -1.32. The lowest BCUT2D eigenvalue weighted by Crippen LogP contribution is -2.43. The molecule has 0 unspecified atom stereocenters. The van der Waals surface area contributed by atoms with Crippen molar-refractivity contribution in [1.82, 2.24) is 10.3 Å². The van der Waals surface area contributed by atoms with Crippen molar-refractivity contribution in [2.45, 2.75) is 19.4 Å². The van der Waals surface area contributed by atoms with Crippen LogP contribution in [-0.4, -0.2) is 33.9 Å². The number of hydrogen-bond donors (Lipinski definition) is 3. The number of carbonyl (C=O) groups excluding carboxylic acids is 2. The molecule has 17 heavy (non-hydrogen) atoms. The van der Waals surface area contributed by atoms with E-state index in [0.717, 1.165) is 11.3 Å². The van der Waals surface area contributed by atoms with Gasteiger partial charge >= 0.3 is 5.97 Å². The second-order valence-corrected chi connectivity index (χ2v) is 4.16. The van der Waals surface area contributed by atoms with E-state index in [-0.39, 0.29) is 0 Å². The van der Waals surface area contributed by atoms with Gasteiger partial charge in [-0.05, 0) is 6.92 Å². The van der Waals surface area contributed by atoms with Crippen molar-refractivity contribution in [2.75, 3.05) is 0 Å². The Labute approximate surface area is 101 Å². The summed E-state index contributed by atoms with van der Waals surface area (Å²) in [4.78, 5) is 37.3. The predicted octanol–water partition coefficient (Wildman–Crippen LogP) is -0.490. The Morgan fingerprint density at radius 2 is 2.24 bits per heavy atom. The van der Waals surface area contributed by atoms with Gasteiger partial charge in [-0.15, -0.1) is 11.3 Å². The van der Waals surface area contributed by atoms with Gasteiger partial charge in [-0.25, -0.2) is 9.78 Å². The van der Waals surface area contributed by atoms with Crippen LogP contribution in [0.15, 0.2) is 5.51 Å². The lowest BCUT2D eigenvalue weighted by molar-refractivity contribution is -0.140. The average molecular weight is 257 g/mol. The molecular formula is C9H11N3O4S. The van der Waals surface area contributed by atoms with E-state index in [0.29, 0.717) is 10.6 Å². The first-order chi connectivity index (χ1) is 7.91. The number of carboxylic acids is 1. The second-order valence-electron chi connectivity index (χ2n) is 3.30. The Morgan fingerprint density at radius 1 is 1.59 bits per heavy atom. The van der Waals surface area contributed by atoms with E-state index in [1.165, 1.54) is 5.51 Å². The second kappa shape index (κ2) is 5.39. The number of primary amides is 1. The van der Waals surface area contributed by atoms with Gasteiger partial charge in [0.25, 0.3) is 5.91 Å². The summed E-state index contributed by atoms with van der Waals surface area (Å²) in [6.45, 7) is 1.63. The summed E-state index contributed by atoms with van der Waals surface area (Å²) in [5, 5.41) is 11.0. The highest BCUT2D eigenvalue weighted by Crippen LogP contribution is 2.12. The first kappa shape index (κ1) is 13.1. The molecule has 0 radical (unpaired) electrons. The van der Waals surface area contributed by atoms with Crippen molar-refractivity contribution < 1.29 is 19.5 Å². The Hall–Kier alpha value is -1.96. The number of nitrogens with one attached hydrogen (secondary N) is 1.